The third kappa shape index (κ3) is 3.68. The quantitative estimate of drug-likeness (QED) is 0.796. The van der Waals surface area contributed by atoms with Gasteiger partial charge < -0.3 is 9.73 Å². The number of anilines is 1. The molecule has 2 aromatic heterocycles. The van der Waals surface area contributed by atoms with Crippen LogP contribution in [0.5, 0.6) is 0 Å². The van der Waals surface area contributed by atoms with Crippen LogP contribution < -0.4 is 5.32 Å². The summed E-state index contributed by atoms with van der Waals surface area (Å²) in [5.41, 5.74) is 0. The van der Waals surface area contributed by atoms with E-state index in [4.69, 9.17) is 4.42 Å². The molecule has 0 atom stereocenters. The van der Waals surface area contributed by atoms with Gasteiger partial charge in [0, 0.05) is 31.8 Å². The number of rotatable bonds is 7. The molecule has 0 unspecified atom stereocenters. The second-order valence-corrected chi connectivity index (χ2v) is 8.30. The first-order valence-corrected chi connectivity index (χ1v) is 10.3. The number of nitrogens with one attached hydrogen (secondary N) is 1. The van der Waals surface area contributed by atoms with E-state index < -0.39 is 15.9 Å². The number of aromatic nitrogens is 2. The summed E-state index contributed by atoms with van der Waals surface area (Å²) in [5.74, 6) is 0.265. The molecular weight excluding hydrogens is 356 g/mol. The van der Waals surface area contributed by atoms with Gasteiger partial charge in [-0.2, -0.15) is 9.40 Å². The summed E-state index contributed by atoms with van der Waals surface area (Å²) in [6, 6.07) is 3.01. The van der Waals surface area contributed by atoms with E-state index in [2.05, 4.69) is 17.3 Å². The molecule has 142 valence electrons. The molecule has 1 amide bonds. The average molecular weight is 380 g/mol. The molecule has 26 heavy (non-hydrogen) atoms. The summed E-state index contributed by atoms with van der Waals surface area (Å²) in [6.45, 7) is 5.35. The Morgan fingerprint density at radius 3 is 2.77 bits per heavy atom. The van der Waals surface area contributed by atoms with Gasteiger partial charge >= 0.3 is 0 Å². The molecule has 0 saturated carbocycles. The Morgan fingerprint density at radius 2 is 2.08 bits per heavy atom. The van der Waals surface area contributed by atoms with E-state index in [0.717, 1.165) is 25.7 Å². The second-order valence-electron chi connectivity index (χ2n) is 6.39. The maximum atomic E-state index is 12.7. The lowest BCUT2D eigenvalue weighted by molar-refractivity contribution is 0.0994. The van der Waals surface area contributed by atoms with Gasteiger partial charge in [0.15, 0.2) is 5.76 Å². The Kier molecular flexibility index (Phi) is 5.47. The molecule has 3 rings (SSSR count). The molecule has 0 aliphatic carbocycles. The van der Waals surface area contributed by atoms with Crippen molar-refractivity contribution in [3.8, 4) is 0 Å². The van der Waals surface area contributed by atoms with E-state index in [9.17, 15) is 13.2 Å². The van der Waals surface area contributed by atoms with Crippen molar-refractivity contribution in [2.75, 3.05) is 18.4 Å². The maximum Gasteiger partial charge on any atom is 0.292 e. The summed E-state index contributed by atoms with van der Waals surface area (Å²) in [5, 5.41) is 6.92. The monoisotopic (exact) mass is 380 g/mol. The molecular formula is C17H24N4O4S. The lowest BCUT2D eigenvalue weighted by Crippen LogP contribution is -2.28. The largest absolute Gasteiger partial charge is 0.455 e. The summed E-state index contributed by atoms with van der Waals surface area (Å²) < 4.78 is 34.0. The molecule has 0 bridgehead atoms. The van der Waals surface area contributed by atoms with E-state index in [1.165, 1.54) is 10.4 Å². The number of carbonyl (C=O) groups is 1. The van der Waals surface area contributed by atoms with Gasteiger partial charge in [-0.05, 0) is 26.2 Å². The third-order valence-corrected chi connectivity index (χ3v) is 6.47. The van der Waals surface area contributed by atoms with Gasteiger partial charge in [-0.15, -0.1) is 0 Å². The van der Waals surface area contributed by atoms with Crippen molar-refractivity contribution in [3.05, 3.63) is 29.9 Å². The average Bonchev–Trinajstić information content (AvgIpc) is 3.34. The number of furan rings is 1. The summed E-state index contributed by atoms with van der Waals surface area (Å²) in [4.78, 5) is 12.6. The van der Waals surface area contributed by atoms with Gasteiger partial charge in [0.2, 0.25) is 10.0 Å². The van der Waals surface area contributed by atoms with Crippen molar-refractivity contribution < 1.29 is 17.6 Å². The lowest BCUT2D eigenvalue weighted by atomic mass is 10.3. The summed E-state index contributed by atoms with van der Waals surface area (Å²) >= 11 is 0. The fourth-order valence-electron chi connectivity index (χ4n) is 3.00. The molecule has 3 heterocycles. The number of sulfonamides is 1. The normalized spacial score (nSPS) is 15.5. The molecule has 0 spiro atoms. The van der Waals surface area contributed by atoms with Crippen LogP contribution in [0.25, 0.3) is 0 Å². The number of unbranched alkanes of at least 4 members (excludes halogenated alkanes) is 1. The molecule has 1 saturated heterocycles. The van der Waals surface area contributed by atoms with Crippen LogP contribution >= 0.6 is 0 Å². The van der Waals surface area contributed by atoms with Gasteiger partial charge in [-0.25, -0.2) is 13.1 Å². The number of nitrogens with zero attached hydrogens (tertiary/aromatic N) is 3. The van der Waals surface area contributed by atoms with Crippen LogP contribution in [0.15, 0.2) is 27.6 Å². The zero-order chi connectivity index (χ0) is 18.7. The van der Waals surface area contributed by atoms with Crippen LogP contribution in [-0.4, -0.2) is 41.5 Å². The molecule has 0 radical (unpaired) electrons. The topological polar surface area (TPSA) is 97.4 Å². The van der Waals surface area contributed by atoms with E-state index in [-0.39, 0.29) is 16.4 Å². The zero-order valence-electron chi connectivity index (χ0n) is 15.1. The molecule has 1 aliphatic rings. The Balaban J connectivity index is 1.78. The number of aryl methyl sites for hydroxylation is 2. The first kappa shape index (κ1) is 18.7. The van der Waals surface area contributed by atoms with Crippen molar-refractivity contribution in [1.29, 1.82) is 0 Å². The second kappa shape index (κ2) is 7.63. The van der Waals surface area contributed by atoms with Crippen LogP contribution in [0.3, 0.4) is 0 Å². The predicted octanol–water partition coefficient (Wildman–Crippen LogP) is 2.62. The molecule has 0 aromatic carbocycles. The minimum absolute atomic E-state index is 0.0245. The summed E-state index contributed by atoms with van der Waals surface area (Å²) in [7, 11) is -3.62. The van der Waals surface area contributed by atoms with Crippen molar-refractivity contribution >= 4 is 21.7 Å². The highest BCUT2D eigenvalue weighted by atomic mass is 32.2. The Morgan fingerprint density at radius 1 is 1.35 bits per heavy atom. The number of amides is 1. The van der Waals surface area contributed by atoms with Gasteiger partial charge in [-0.1, -0.05) is 13.3 Å². The van der Waals surface area contributed by atoms with Gasteiger partial charge in [-0.3, -0.25) is 4.79 Å². The van der Waals surface area contributed by atoms with Crippen molar-refractivity contribution in [2.24, 2.45) is 0 Å². The van der Waals surface area contributed by atoms with E-state index in [1.54, 1.807) is 23.9 Å². The van der Waals surface area contributed by atoms with E-state index >= 15 is 0 Å². The maximum absolute atomic E-state index is 12.7. The minimum atomic E-state index is -3.62. The summed E-state index contributed by atoms with van der Waals surface area (Å²) in [6.07, 6.45) is 5.28. The third-order valence-electron chi connectivity index (χ3n) is 4.46. The van der Waals surface area contributed by atoms with Gasteiger partial charge in [0.05, 0.1) is 6.20 Å². The lowest BCUT2D eigenvalue weighted by Gasteiger charge is -2.14. The zero-order valence-corrected chi connectivity index (χ0v) is 15.9. The van der Waals surface area contributed by atoms with Gasteiger partial charge in [0.1, 0.15) is 16.5 Å². The van der Waals surface area contributed by atoms with Crippen LogP contribution in [0.2, 0.25) is 0 Å². The highest BCUT2D eigenvalue weighted by Crippen LogP contribution is 2.26. The first-order valence-electron chi connectivity index (χ1n) is 8.87. The van der Waals surface area contributed by atoms with Crippen LogP contribution in [0.4, 0.5) is 5.82 Å². The molecule has 1 fully saturated rings. The highest BCUT2D eigenvalue weighted by Gasteiger charge is 2.31. The Hall–Kier alpha value is -2.13. The van der Waals surface area contributed by atoms with Crippen molar-refractivity contribution in [1.82, 2.24) is 14.1 Å². The SMILES string of the molecule is CCCCn1nccc1NC(=O)c1cc(S(=O)(=O)N2CCCC2)c(C)o1. The number of hydrogen-bond donors (Lipinski definition) is 1. The van der Waals surface area contributed by atoms with Crippen molar-refractivity contribution in [2.45, 2.75) is 51.0 Å². The predicted molar refractivity (Wildman–Crippen MR) is 96.5 cm³/mol. The van der Waals surface area contributed by atoms with E-state index in [0.29, 0.717) is 25.5 Å². The van der Waals surface area contributed by atoms with Crippen LogP contribution in [-0.2, 0) is 16.6 Å². The highest BCUT2D eigenvalue weighted by molar-refractivity contribution is 7.89. The Bertz CT molecular complexity index is 878. The standard InChI is InChI=1S/C17H24N4O4S/c1-3-4-11-21-16(7-8-18-21)19-17(22)14-12-15(13(2)25-14)26(23,24)20-9-5-6-10-20/h7-8,12H,3-6,9-11H2,1-2H3,(H,19,22). The van der Waals surface area contributed by atoms with Crippen LogP contribution in [0.1, 0.15) is 48.9 Å². The molecule has 1 aliphatic heterocycles. The number of carbonyl (C=O) groups excluding carboxylic acids is 1. The Labute approximate surface area is 153 Å². The fraction of sp³-hybridized carbons (Fsp3) is 0.529. The molecule has 1 N–H and O–H groups in total. The fourth-order valence-corrected chi connectivity index (χ4v) is 4.68. The molecule has 2 aromatic rings. The van der Waals surface area contributed by atoms with E-state index in [1.807, 2.05) is 0 Å². The molecule has 9 heteroatoms. The molecule has 8 nitrogen and oxygen atoms in total. The van der Waals surface area contributed by atoms with Gasteiger partial charge in [0.25, 0.3) is 5.91 Å². The number of hydrogen-bond acceptors (Lipinski definition) is 5. The first-order chi connectivity index (χ1) is 12.4. The smallest absolute Gasteiger partial charge is 0.292 e. The van der Waals surface area contributed by atoms with Crippen molar-refractivity contribution in [3.63, 3.8) is 0 Å². The van der Waals surface area contributed by atoms with Crippen LogP contribution in [0, 0.1) is 6.92 Å². The minimum Gasteiger partial charge on any atom is -0.455 e.